The highest BCUT2D eigenvalue weighted by molar-refractivity contribution is 7.89. The van der Waals surface area contributed by atoms with Crippen molar-refractivity contribution in [1.29, 1.82) is 0 Å². The molecule has 0 radical (unpaired) electrons. The Hall–Kier alpha value is -2.29. The van der Waals surface area contributed by atoms with Crippen LogP contribution in [0.3, 0.4) is 0 Å². The third-order valence-corrected chi connectivity index (χ3v) is 7.23. The molecule has 8 heteroatoms. The zero-order valence-electron chi connectivity index (χ0n) is 16.1. The number of nitrogens with zero attached hydrogens (tertiary/aromatic N) is 4. The van der Waals surface area contributed by atoms with Crippen LogP contribution in [0.25, 0.3) is 10.8 Å². The van der Waals surface area contributed by atoms with Crippen molar-refractivity contribution in [2.45, 2.75) is 31.2 Å². The Labute approximate surface area is 165 Å². The van der Waals surface area contributed by atoms with Gasteiger partial charge in [0.25, 0.3) is 0 Å². The van der Waals surface area contributed by atoms with Crippen LogP contribution in [0.1, 0.15) is 31.6 Å². The molecule has 148 valence electrons. The second kappa shape index (κ2) is 7.62. The number of piperazine rings is 1. The molecule has 4 rings (SSSR count). The molecule has 0 N–H and O–H groups in total. The summed E-state index contributed by atoms with van der Waals surface area (Å²) in [5.74, 6) is 1.28. The standard InChI is InChI=1S/C20H24N4O3S/c1-3-19-21-20(27-22-19)15(2)23-10-12-24(13-11-23)28(25,26)18-9-8-16-6-4-5-7-17(16)14-18/h4-9,14-15H,3,10-13H2,1-2H3. The van der Waals surface area contributed by atoms with Gasteiger partial charge in [0.1, 0.15) is 0 Å². The number of fused-ring (bicyclic) bond motifs is 1. The molecule has 0 aliphatic carbocycles. The minimum atomic E-state index is -3.51. The van der Waals surface area contributed by atoms with E-state index in [1.165, 1.54) is 0 Å². The maximum Gasteiger partial charge on any atom is 0.243 e. The highest BCUT2D eigenvalue weighted by atomic mass is 32.2. The third-order valence-electron chi connectivity index (χ3n) is 5.34. The number of hydrogen-bond donors (Lipinski definition) is 0. The fraction of sp³-hybridized carbons (Fsp3) is 0.400. The van der Waals surface area contributed by atoms with Crippen molar-refractivity contribution in [1.82, 2.24) is 19.3 Å². The zero-order chi connectivity index (χ0) is 19.7. The summed E-state index contributed by atoms with van der Waals surface area (Å²) in [6.07, 6.45) is 0.730. The second-order valence-electron chi connectivity index (χ2n) is 7.03. The molecule has 1 aliphatic rings. The zero-order valence-corrected chi connectivity index (χ0v) is 16.9. The minimum absolute atomic E-state index is 0.0293. The Morgan fingerprint density at radius 1 is 1.07 bits per heavy atom. The van der Waals surface area contributed by atoms with Crippen molar-refractivity contribution in [3.8, 4) is 0 Å². The maximum absolute atomic E-state index is 13.1. The van der Waals surface area contributed by atoms with Crippen molar-refractivity contribution in [3.05, 3.63) is 54.2 Å². The molecule has 1 aromatic heterocycles. The normalized spacial score (nSPS) is 17.8. The minimum Gasteiger partial charge on any atom is -0.338 e. The van der Waals surface area contributed by atoms with Crippen LogP contribution in [0, 0.1) is 0 Å². The highest BCUT2D eigenvalue weighted by Crippen LogP contribution is 2.25. The van der Waals surface area contributed by atoms with Gasteiger partial charge in [-0.25, -0.2) is 8.42 Å². The van der Waals surface area contributed by atoms with E-state index < -0.39 is 10.0 Å². The molecule has 0 spiro atoms. The smallest absolute Gasteiger partial charge is 0.243 e. The number of rotatable bonds is 5. The lowest BCUT2D eigenvalue weighted by atomic mass is 10.1. The summed E-state index contributed by atoms with van der Waals surface area (Å²) in [5.41, 5.74) is 0. The molecule has 1 unspecified atom stereocenters. The monoisotopic (exact) mass is 400 g/mol. The quantitative estimate of drug-likeness (QED) is 0.655. The Bertz CT molecular complexity index is 1070. The lowest BCUT2D eigenvalue weighted by molar-refractivity contribution is 0.124. The van der Waals surface area contributed by atoms with E-state index >= 15 is 0 Å². The summed E-state index contributed by atoms with van der Waals surface area (Å²) in [5, 5.41) is 5.91. The van der Waals surface area contributed by atoms with E-state index in [2.05, 4.69) is 15.0 Å². The average Bonchev–Trinajstić information content (AvgIpc) is 3.22. The fourth-order valence-corrected chi connectivity index (χ4v) is 5.00. The Morgan fingerprint density at radius 3 is 2.46 bits per heavy atom. The van der Waals surface area contributed by atoms with Gasteiger partial charge in [-0.15, -0.1) is 0 Å². The molecule has 1 fully saturated rings. The largest absolute Gasteiger partial charge is 0.338 e. The first kappa shape index (κ1) is 19.0. The summed E-state index contributed by atoms with van der Waals surface area (Å²) in [6, 6.07) is 13.1. The fourth-order valence-electron chi connectivity index (χ4n) is 3.55. The molecule has 1 aliphatic heterocycles. The van der Waals surface area contributed by atoms with Crippen LogP contribution in [-0.2, 0) is 16.4 Å². The molecule has 0 bridgehead atoms. The molecule has 28 heavy (non-hydrogen) atoms. The third kappa shape index (κ3) is 3.55. The van der Waals surface area contributed by atoms with Crippen molar-refractivity contribution in [2.75, 3.05) is 26.2 Å². The Balaban J connectivity index is 1.47. The van der Waals surface area contributed by atoms with E-state index in [0.717, 1.165) is 17.2 Å². The SMILES string of the molecule is CCc1noc(C(C)N2CCN(S(=O)(=O)c3ccc4ccccc4c3)CC2)n1. The van der Waals surface area contributed by atoms with Crippen molar-refractivity contribution in [3.63, 3.8) is 0 Å². The molecule has 7 nitrogen and oxygen atoms in total. The molecule has 1 atom stereocenters. The van der Waals surface area contributed by atoms with E-state index in [1.54, 1.807) is 16.4 Å². The van der Waals surface area contributed by atoms with Gasteiger partial charge in [-0.2, -0.15) is 9.29 Å². The molecule has 3 aromatic rings. The summed E-state index contributed by atoms with van der Waals surface area (Å²) >= 11 is 0. The first-order valence-corrected chi connectivity index (χ1v) is 11.0. The number of benzene rings is 2. The van der Waals surface area contributed by atoms with Crippen molar-refractivity contribution < 1.29 is 12.9 Å². The van der Waals surface area contributed by atoms with Gasteiger partial charge in [0, 0.05) is 32.6 Å². The van der Waals surface area contributed by atoms with Crippen LogP contribution in [0.15, 0.2) is 51.9 Å². The van der Waals surface area contributed by atoms with E-state index in [4.69, 9.17) is 4.52 Å². The van der Waals surface area contributed by atoms with Crippen molar-refractivity contribution in [2.24, 2.45) is 0 Å². The van der Waals surface area contributed by atoms with E-state index in [1.807, 2.05) is 44.2 Å². The first-order valence-electron chi connectivity index (χ1n) is 9.54. The average molecular weight is 401 g/mol. The van der Waals surface area contributed by atoms with Crippen LogP contribution < -0.4 is 0 Å². The molecular formula is C20H24N4O3S. The number of sulfonamides is 1. The van der Waals surface area contributed by atoms with Crippen LogP contribution >= 0.6 is 0 Å². The van der Waals surface area contributed by atoms with Crippen LogP contribution in [-0.4, -0.2) is 53.9 Å². The van der Waals surface area contributed by atoms with Crippen molar-refractivity contribution >= 4 is 20.8 Å². The second-order valence-corrected chi connectivity index (χ2v) is 8.97. The van der Waals surface area contributed by atoms with E-state index in [0.29, 0.717) is 42.8 Å². The van der Waals surface area contributed by atoms with Gasteiger partial charge in [0.2, 0.25) is 15.9 Å². The van der Waals surface area contributed by atoms with Gasteiger partial charge in [-0.3, -0.25) is 4.90 Å². The van der Waals surface area contributed by atoms with Crippen LogP contribution in [0.4, 0.5) is 0 Å². The summed E-state index contributed by atoms with van der Waals surface area (Å²) in [6.45, 7) is 6.12. The molecule has 0 amide bonds. The summed E-state index contributed by atoms with van der Waals surface area (Å²) in [7, 11) is -3.51. The Morgan fingerprint density at radius 2 is 1.79 bits per heavy atom. The lowest BCUT2D eigenvalue weighted by Crippen LogP contribution is -2.49. The van der Waals surface area contributed by atoms with Gasteiger partial charge < -0.3 is 4.52 Å². The predicted octanol–water partition coefficient (Wildman–Crippen LogP) is 2.85. The maximum atomic E-state index is 13.1. The van der Waals surface area contributed by atoms with Gasteiger partial charge in [-0.05, 0) is 29.8 Å². The van der Waals surface area contributed by atoms with Gasteiger partial charge in [0.15, 0.2) is 5.82 Å². The molecule has 2 heterocycles. The topological polar surface area (TPSA) is 79.5 Å². The predicted molar refractivity (Wildman–Crippen MR) is 106 cm³/mol. The number of aryl methyl sites for hydroxylation is 1. The van der Waals surface area contributed by atoms with Gasteiger partial charge in [0.05, 0.1) is 10.9 Å². The molecular weight excluding hydrogens is 376 g/mol. The lowest BCUT2D eigenvalue weighted by Gasteiger charge is -2.36. The van der Waals surface area contributed by atoms with Crippen LogP contribution in [0.2, 0.25) is 0 Å². The first-order chi connectivity index (χ1) is 13.5. The molecule has 1 saturated heterocycles. The molecule has 0 saturated carbocycles. The van der Waals surface area contributed by atoms with Gasteiger partial charge >= 0.3 is 0 Å². The number of aromatic nitrogens is 2. The van der Waals surface area contributed by atoms with E-state index in [9.17, 15) is 8.42 Å². The van der Waals surface area contributed by atoms with E-state index in [-0.39, 0.29) is 6.04 Å². The highest BCUT2D eigenvalue weighted by Gasteiger charge is 2.31. The molecule has 2 aromatic carbocycles. The number of hydrogen-bond acceptors (Lipinski definition) is 6. The summed E-state index contributed by atoms with van der Waals surface area (Å²) in [4.78, 5) is 6.92. The van der Waals surface area contributed by atoms with Crippen LogP contribution in [0.5, 0.6) is 0 Å². The van der Waals surface area contributed by atoms with Gasteiger partial charge in [-0.1, -0.05) is 42.4 Å². The summed E-state index contributed by atoms with van der Waals surface area (Å²) < 4.78 is 33.1. The Kier molecular flexibility index (Phi) is 5.18.